The molecule has 2 N–H and O–H groups in total. The third-order valence-electron chi connectivity index (χ3n) is 3.39. The van der Waals surface area contributed by atoms with Gasteiger partial charge in [0, 0.05) is 6.92 Å². The number of nitrogens with one attached hydrogen (secondary N) is 2. The van der Waals surface area contributed by atoms with Crippen molar-refractivity contribution in [3.63, 3.8) is 0 Å². The maximum Gasteiger partial charge on any atom is 0.262 e. The number of rotatable bonds is 6. The number of aryl methyl sites for hydroxylation is 1. The zero-order valence-corrected chi connectivity index (χ0v) is 15.2. The lowest BCUT2D eigenvalue weighted by Gasteiger charge is -2.14. The normalized spacial score (nSPS) is 10.9. The zero-order chi connectivity index (χ0) is 18.6. The Bertz CT molecular complexity index is 894. The second-order valence-electron chi connectivity index (χ2n) is 5.35. The molecule has 25 heavy (non-hydrogen) atoms. The molecule has 7 nitrogen and oxygen atoms in total. The van der Waals surface area contributed by atoms with Crippen LogP contribution in [0.2, 0.25) is 0 Å². The number of anilines is 2. The summed E-state index contributed by atoms with van der Waals surface area (Å²) in [6, 6.07) is 9.39. The van der Waals surface area contributed by atoms with Crippen molar-refractivity contribution in [1.29, 1.82) is 0 Å². The molecule has 0 radical (unpaired) electrons. The Labute approximate surface area is 147 Å². The minimum absolute atomic E-state index is 0.0133. The largest absolute Gasteiger partial charge is 0.495 e. The van der Waals surface area contributed by atoms with E-state index in [1.54, 1.807) is 12.1 Å². The molecule has 0 aliphatic rings. The van der Waals surface area contributed by atoms with Gasteiger partial charge in [-0.3, -0.25) is 9.52 Å². The first-order valence-corrected chi connectivity index (χ1v) is 8.88. The molecule has 0 bridgehead atoms. The highest BCUT2D eigenvalue weighted by molar-refractivity contribution is 7.92. The average Bonchev–Trinajstić information content (AvgIpc) is 2.54. The zero-order valence-electron chi connectivity index (χ0n) is 14.4. The molecule has 0 saturated heterocycles. The maximum absolute atomic E-state index is 12.7. The van der Waals surface area contributed by atoms with E-state index in [2.05, 4.69) is 10.0 Å². The van der Waals surface area contributed by atoms with E-state index in [1.807, 2.05) is 13.0 Å². The van der Waals surface area contributed by atoms with Crippen LogP contribution in [0.4, 0.5) is 11.4 Å². The lowest BCUT2D eigenvalue weighted by molar-refractivity contribution is -0.114. The summed E-state index contributed by atoms with van der Waals surface area (Å²) in [7, 11) is -0.985. The molecule has 0 atom stereocenters. The van der Waals surface area contributed by atoms with E-state index in [4.69, 9.17) is 9.47 Å². The van der Waals surface area contributed by atoms with Gasteiger partial charge < -0.3 is 14.8 Å². The number of ether oxygens (including phenoxy) is 2. The highest BCUT2D eigenvalue weighted by Gasteiger charge is 2.19. The van der Waals surface area contributed by atoms with E-state index in [0.29, 0.717) is 17.2 Å². The Kier molecular flexibility index (Phi) is 5.53. The number of benzene rings is 2. The summed E-state index contributed by atoms with van der Waals surface area (Å²) in [4.78, 5) is 11.3. The van der Waals surface area contributed by atoms with Gasteiger partial charge in [-0.2, -0.15) is 0 Å². The summed E-state index contributed by atoms with van der Waals surface area (Å²) >= 11 is 0. The first-order valence-electron chi connectivity index (χ1n) is 7.40. The van der Waals surface area contributed by atoms with Gasteiger partial charge in [0.1, 0.15) is 11.5 Å². The smallest absolute Gasteiger partial charge is 0.262 e. The molecule has 0 aliphatic heterocycles. The van der Waals surface area contributed by atoms with Gasteiger partial charge in [-0.15, -0.1) is 0 Å². The van der Waals surface area contributed by atoms with Crippen molar-refractivity contribution in [2.24, 2.45) is 0 Å². The number of hydrogen-bond donors (Lipinski definition) is 2. The Hall–Kier alpha value is -2.74. The summed E-state index contributed by atoms with van der Waals surface area (Å²) in [6.45, 7) is 3.18. The predicted octanol–water partition coefficient (Wildman–Crippen LogP) is 2.77. The number of sulfonamides is 1. The highest BCUT2D eigenvalue weighted by Crippen LogP contribution is 2.31. The number of carbonyl (C=O) groups is 1. The summed E-state index contributed by atoms with van der Waals surface area (Å²) in [6.07, 6.45) is 0. The third kappa shape index (κ3) is 4.42. The van der Waals surface area contributed by atoms with Crippen LogP contribution in [0.25, 0.3) is 0 Å². The first kappa shape index (κ1) is 18.6. The Balaban J connectivity index is 2.43. The summed E-state index contributed by atoms with van der Waals surface area (Å²) in [5.74, 6) is 0.438. The number of amides is 1. The van der Waals surface area contributed by atoms with Crippen LogP contribution in [0.15, 0.2) is 41.3 Å². The van der Waals surface area contributed by atoms with Gasteiger partial charge in [0.15, 0.2) is 0 Å². The van der Waals surface area contributed by atoms with Crippen LogP contribution in [0.5, 0.6) is 11.5 Å². The van der Waals surface area contributed by atoms with Gasteiger partial charge in [-0.25, -0.2) is 8.42 Å². The van der Waals surface area contributed by atoms with E-state index >= 15 is 0 Å². The molecule has 0 saturated carbocycles. The maximum atomic E-state index is 12.7. The molecule has 0 aliphatic carbocycles. The van der Waals surface area contributed by atoms with Crippen molar-refractivity contribution in [2.75, 3.05) is 24.3 Å². The molecule has 2 aromatic carbocycles. The minimum Gasteiger partial charge on any atom is -0.495 e. The molecular weight excluding hydrogens is 344 g/mol. The van der Waals surface area contributed by atoms with Crippen LogP contribution >= 0.6 is 0 Å². The fourth-order valence-corrected chi connectivity index (χ4v) is 3.33. The molecule has 0 spiro atoms. The lowest BCUT2D eigenvalue weighted by atomic mass is 10.2. The molecule has 2 aromatic rings. The average molecular weight is 364 g/mol. The molecule has 0 fully saturated rings. The van der Waals surface area contributed by atoms with Crippen LogP contribution in [0, 0.1) is 6.92 Å². The Morgan fingerprint density at radius 1 is 0.960 bits per heavy atom. The SMILES string of the molecule is COc1ccc(S(=O)(=O)Nc2cc(C)ccc2OC)cc1NC(C)=O. The van der Waals surface area contributed by atoms with Crippen molar-refractivity contribution >= 4 is 27.3 Å². The van der Waals surface area contributed by atoms with Crippen molar-refractivity contribution < 1.29 is 22.7 Å². The summed E-state index contributed by atoms with van der Waals surface area (Å²) < 4.78 is 38.2. The fourth-order valence-electron chi connectivity index (χ4n) is 2.25. The van der Waals surface area contributed by atoms with Gasteiger partial charge in [-0.1, -0.05) is 6.07 Å². The Morgan fingerprint density at radius 2 is 1.56 bits per heavy atom. The van der Waals surface area contributed by atoms with E-state index < -0.39 is 10.0 Å². The van der Waals surface area contributed by atoms with Crippen LogP contribution in [-0.2, 0) is 14.8 Å². The van der Waals surface area contributed by atoms with E-state index in [0.717, 1.165) is 5.56 Å². The van der Waals surface area contributed by atoms with Crippen molar-refractivity contribution in [3.05, 3.63) is 42.0 Å². The molecule has 8 heteroatoms. The van der Waals surface area contributed by atoms with Crippen LogP contribution in [0.3, 0.4) is 0 Å². The molecular formula is C17H20N2O5S. The van der Waals surface area contributed by atoms with Crippen LogP contribution in [0.1, 0.15) is 12.5 Å². The van der Waals surface area contributed by atoms with E-state index in [9.17, 15) is 13.2 Å². The van der Waals surface area contributed by atoms with Gasteiger partial charge >= 0.3 is 0 Å². The van der Waals surface area contributed by atoms with Crippen LogP contribution < -0.4 is 19.5 Å². The number of methoxy groups -OCH3 is 2. The summed E-state index contributed by atoms with van der Waals surface area (Å²) in [5.41, 5.74) is 1.49. The van der Waals surface area contributed by atoms with Gasteiger partial charge in [0.2, 0.25) is 5.91 Å². The first-order chi connectivity index (χ1) is 11.8. The summed E-state index contributed by atoms with van der Waals surface area (Å²) in [5, 5.41) is 2.55. The van der Waals surface area contributed by atoms with E-state index in [-0.39, 0.29) is 16.5 Å². The Morgan fingerprint density at radius 3 is 2.16 bits per heavy atom. The van der Waals surface area contributed by atoms with Crippen molar-refractivity contribution in [1.82, 2.24) is 0 Å². The molecule has 0 unspecified atom stereocenters. The monoisotopic (exact) mass is 364 g/mol. The van der Waals surface area contributed by atoms with Crippen molar-refractivity contribution in [2.45, 2.75) is 18.7 Å². The standard InChI is InChI=1S/C17H20N2O5S/c1-11-5-7-17(24-4)15(9-11)19-25(21,22)13-6-8-16(23-3)14(10-13)18-12(2)20/h5-10,19H,1-4H3,(H,18,20). The quantitative estimate of drug-likeness (QED) is 0.822. The predicted molar refractivity (Wildman–Crippen MR) is 95.8 cm³/mol. The third-order valence-corrected chi connectivity index (χ3v) is 4.75. The van der Waals surface area contributed by atoms with Crippen molar-refractivity contribution in [3.8, 4) is 11.5 Å². The van der Waals surface area contributed by atoms with Gasteiger partial charge in [0.05, 0.1) is 30.5 Å². The molecule has 0 aromatic heterocycles. The van der Waals surface area contributed by atoms with Gasteiger partial charge in [-0.05, 0) is 42.8 Å². The molecule has 134 valence electrons. The molecule has 0 heterocycles. The molecule has 2 rings (SSSR count). The topological polar surface area (TPSA) is 93.7 Å². The fraction of sp³-hybridized carbons (Fsp3) is 0.235. The molecule has 1 amide bonds. The number of carbonyl (C=O) groups excluding carboxylic acids is 1. The second kappa shape index (κ2) is 7.43. The van der Waals surface area contributed by atoms with Crippen LogP contribution in [-0.4, -0.2) is 28.5 Å². The number of hydrogen-bond acceptors (Lipinski definition) is 5. The lowest BCUT2D eigenvalue weighted by Crippen LogP contribution is -2.15. The van der Waals surface area contributed by atoms with E-state index in [1.165, 1.54) is 39.3 Å². The van der Waals surface area contributed by atoms with Gasteiger partial charge in [0.25, 0.3) is 10.0 Å². The second-order valence-corrected chi connectivity index (χ2v) is 7.03. The highest BCUT2D eigenvalue weighted by atomic mass is 32.2. The minimum atomic E-state index is -3.88.